The summed E-state index contributed by atoms with van der Waals surface area (Å²) in [6, 6.07) is 0. The molecule has 1 aliphatic rings. The molecule has 2 nitrogen and oxygen atoms in total. The quantitative estimate of drug-likeness (QED) is 0.540. The SMILES string of the molecule is CCCC[C@H]1C=C[C@H](O[Si](C)(C)C(C)(C)C)CO1. The second-order valence-electron chi connectivity index (χ2n) is 6.82. The van der Waals surface area contributed by atoms with E-state index in [1.807, 2.05) is 0 Å². The molecule has 3 heteroatoms. The van der Waals surface area contributed by atoms with Crippen molar-refractivity contribution in [3.8, 4) is 0 Å². The van der Waals surface area contributed by atoms with Crippen LogP contribution in [-0.2, 0) is 9.16 Å². The van der Waals surface area contributed by atoms with Crippen molar-refractivity contribution >= 4 is 8.32 Å². The molecular weight excluding hydrogens is 240 g/mol. The Bertz CT molecular complexity index is 279. The summed E-state index contributed by atoms with van der Waals surface area (Å²) in [5.41, 5.74) is 0. The van der Waals surface area contributed by atoms with Gasteiger partial charge in [0.1, 0.15) is 0 Å². The Hall–Kier alpha value is -0.123. The molecule has 1 heterocycles. The highest BCUT2D eigenvalue weighted by atomic mass is 28.4. The lowest BCUT2D eigenvalue weighted by atomic mass is 10.1. The number of hydrogen-bond acceptors (Lipinski definition) is 2. The molecule has 0 amide bonds. The van der Waals surface area contributed by atoms with Gasteiger partial charge in [-0.05, 0) is 24.6 Å². The van der Waals surface area contributed by atoms with Crippen LogP contribution in [0.1, 0.15) is 47.0 Å². The Kier molecular flexibility index (Phi) is 5.62. The maximum atomic E-state index is 6.32. The zero-order chi connectivity index (χ0) is 13.8. The van der Waals surface area contributed by atoms with Gasteiger partial charge >= 0.3 is 0 Å². The average Bonchev–Trinajstić information content (AvgIpc) is 2.26. The van der Waals surface area contributed by atoms with Gasteiger partial charge < -0.3 is 9.16 Å². The molecule has 0 aromatic carbocycles. The lowest BCUT2D eigenvalue weighted by molar-refractivity contribution is 0.0155. The highest BCUT2D eigenvalue weighted by Gasteiger charge is 2.39. The molecule has 0 aliphatic carbocycles. The van der Waals surface area contributed by atoms with E-state index in [1.54, 1.807) is 0 Å². The predicted molar refractivity (Wildman–Crippen MR) is 80.5 cm³/mol. The van der Waals surface area contributed by atoms with Gasteiger partial charge in [-0.15, -0.1) is 0 Å². The number of unbranched alkanes of at least 4 members (excludes halogenated alkanes) is 1. The van der Waals surface area contributed by atoms with E-state index in [2.05, 4.69) is 52.9 Å². The van der Waals surface area contributed by atoms with Crippen LogP contribution in [0.25, 0.3) is 0 Å². The van der Waals surface area contributed by atoms with E-state index >= 15 is 0 Å². The lowest BCUT2D eigenvalue weighted by Gasteiger charge is -2.39. The molecule has 0 unspecified atom stereocenters. The monoisotopic (exact) mass is 270 g/mol. The first kappa shape index (κ1) is 15.9. The summed E-state index contributed by atoms with van der Waals surface area (Å²) >= 11 is 0. The molecule has 1 aliphatic heterocycles. The largest absolute Gasteiger partial charge is 0.408 e. The molecule has 0 aromatic rings. The number of hydrogen-bond donors (Lipinski definition) is 0. The minimum Gasteiger partial charge on any atom is -0.408 e. The fraction of sp³-hybridized carbons (Fsp3) is 0.867. The summed E-state index contributed by atoms with van der Waals surface area (Å²) in [7, 11) is -1.67. The van der Waals surface area contributed by atoms with Gasteiger partial charge in [0.15, 0.2) is 8.32 Å². The maximum absolute atomic E-state index is 6.32. The summed E-state index contributed by atoms with van der Waals surface area (Å²) in [5.74, 6) is 0. The summed E-state index contributed by atoms with van der Waals surface area (Å²) < 4.78 is 12.2. The molecule has 0 bridgehead atoms. The minimum absolute atomic E-state index is 0.156. The van der Waals surface area contributed by atoms with Gasteiger partial charge in [-0.25, -0.2) is 0 Å². The fourth-order valence-corrected chi connectivity index (χ4v) is 3.05. The smallest absolute Gasteiger partial charge is 0.192 e. The highest BCUT2D eigenvalue weighted by Crippen LogP contribution is 2.37. The minimum atomic E-state index is -1.67. The molecule has 0 saturated heterocycles. The fourth-order valence-electron chi connectivity index (χ4n) is 1.79. The van der Waals surface area contributed by atoms with E-state index < -0.39 is 8.32 Å². The molecule has 106 valence electrons. The van der Waals surface area contributed by atoms with Crippen LogP contribution in [0, 0.1) is 0 Å². The second kappa shape index (κ2) is 6.35. The van der Waals surface area contributed by atoms with Crippen molar-refractivity contribution in [1.29, 1.82) is 0 Å². The topological polar surface area (TPSA) is 18.5 Å². The van der Waals surface area contributed by atoms with E-state index in [9.17, 15) is 0 Å². The van der Waals surface area contributed by atoms with Gasteiger partial charge in [0.2, 0.25) is 0 Å². The first-order chi connectivity index (χ1) is 8.26. The first-order valence-electron chi connectivity index (χ1n) is 7.24. The van der Waals surface area contributed by atoms with Crippen molar-refractivity contribution in [3.63, 3.8) is 0 Å². The third kappa shape index (κ3) is 4.52. The van der Waals surface area contributed by atoms with E-state index in [0.717, 1.165) is 13.0 Å². The molecule has 0 fully saturated rings. The van der Waals surface area contributed by atoms with Gasteiger partial charge in [0.25, 0.3) is 0 Å². The number of ether oxygens (including phenoxy) is 1. The Labute approximate surface area is 114 Å². The Morgan fingerprint density at radius 1 is 1.28 bits per heavy atom. The molecule has 0 spiro atoms. The van der Waals surface area contributed by atoms with E-state index in [4.69, 9.17) is 9.16 Å². The summed E-state index contributed by atoms with van der Waals surface area (Å²) in [6.45, 7) is 14.4. The molecule has 2 atom stereocenters. The zero-order valence-corrected chi connectivity index (χ0v) is 14.0. The summed E-state index contributed by atoms with van der Waals surface area (Å²) in [6.07, 6.45) is 8.48. The van der Waals surface area contributed by atoms with Crippen LogP contribution in [0.2, 0.25) is 18.1 Å². The van der Waals surface area contributed by atoms with Crippen molar-refractivity contribution in [1.82, 2.24) is 0 Å². The Balaban J connectivity index is 2.47. The third-order valence-corrected chi connectivity index (χ3v) is 8.61. The van der Waals surface area contributed by atoms with Gasteiger partial charge in [0.05, 0.1) is 18.8 Å². The Morgan fingerprint density at radius 3 is 2.39 bits per heavy atom. The standard InChI is InChI=1S/C15H30O2Si/c1-7-8-9-13-10-11-14(12-16-13)17-18(5,6)15(2,3)4/h10-11,13-14H,7-9,12H2,1-6H3/t13-,14-/m0/s1. The molecule has 0 aromatic heterocycles. The normalized spacial score (nSPS) is 25.4. The van der Waals surface area contributed by atoms with Gasteiger partial charge in [-0.3, -0.25) is 0 Å². The average molecular weight is 270 g/mol. The van der Waals surface area contributed by atoms with Gasteiger partial charge in [-0.1, -0.05) is 52.7 Å². The van der Waals surface area contributed by atoms with Crippen LogP contribution in [0.4, 0.5) is 0 Å². The lowest BCUT2D eigenvalue weighted by Crippen LogP contribution is -2.45. The molecule has 0 radical (unpaired) electrons. The zero-order valence-electron chi connectivity index (χ0n) is 13.0. The second-order valence-corrected chi connectivity index (χ2v) is 11.6. The van der Waals surface area contributed by atoms with Crippen molar-refractivity contribution < 1.29 is 9.16 Å². The van der Waals surface area contributed by atoms with Crippen molar-refractivity contribution in [3.05, 3.63) is 12.2 Å². The Morgan fingerprint density at radius 2 is 1.94 bits per heavy atom. The van der Waals surface area contributed by atoms with Crippen LogP contribution >= 0.6 is 0 Å². The van der Waals surface area contributed by atoms with Crippen LogP contribution in [0.15, 0.2) is 12.2 Å². The van der Waals surface area contributed by atoms with E-state index in [0.29, 0.717) is 6.10 Å². The van der Waals surface area contributed by atoms with Crippen molar-refractivity contribution in [2.24, 2.45) is 0 Å². The summed E-state index contributed by atoms with van der Waals surface area (Å²) in [4.78, 5) is 0. The summed E-state index contributed by atoms with van der Waals surface area (Å²) in [5, 5.41) is 0.264. The van der Waals surface area contributed by atoms with Crippen LogP contribution in [-0.4, -0.2) is 27.1 Å². The van der Waals surface area contributed by atoms with Crippen LogP contribution in [0.5, 0.6) is 0 Å². The van der Waals surface area contributed by atoms with Crippen LogP contribution in [0.3, 0.4) is 0 Å². The van der Waals surface area contributed by atoms with Gasteiger partial charge in [-0.2, -0.15) is 0 Å². The molecule has 0 N–H and O–H groups in total. The highest BCUT2D eigenvalue weighted by molar-refractivity contribution is 6.74. The predicted octanol–water partition coefficient (Wildman–Crippen LogP) is 4.52. The first-order valence-corrected chi connectivity index (χ1v) is 10.1. The number of rotatable bonds is 5. The molecular formula is C15H30O2Si. The van der Waals surface area contributed by atoms with Crippen molar-refractivity contribution in [2.45, 2.75) is 77.3 Å². The van der Waals surface area contributed by atoms with Gasteiger partial charge in [0, 0.05) is 0 Å². The van der Waals surface area contributed by atoms with Crippen molar-refractivity contribution in [2.75, 3.05) is 6.61 Å². The van der Waals surface area contributed by atoms with E-state index in [-0.39, 0.29) is 11.1 Å². The third-order valence-electron chi connectivity index (χ3n) is 4.11. The van der Waals surface area contributed by atoms with Crippen LogP contribution < -0.4 is 0 Å². The maximum Gasteiger partial charge on any atom is 0.192 e. The molecule has 0 saturated carbocycles. The molecule has 18 heavy (non-hydrogen) atoms. The van der Waals surface area contributed by atoms with E-state index in [1.165, 1.54) is 12.8 Å². The molecule has 1 rings (SSSR count).